The topological polar surface area (TPSA) is 153 Å². The Bertz CT molecular complexity index is 973. The molecular weight excluding hydrogens is 533 g/mol. The van der Waals surface area contributed by atoms with Gasteiger partial charge in [-0.25, -0.2) is 14.4 Å². The standard InChI is InChI=1S/C28H50BN3O9/c1-18(30-22(36)38-24(2,3)4)20(33)31-19-16-28(21(34)35,32(17-19)23(37)39-25(5,6)7)14-12-13-15-29-40-26(8,9)27(10,11)41-29/h18-19H,12-17H2,1-11H3,(H,30,36)(H,31,33)(H,34,35)/t18-,19+,28+/m0/s1. The Morgan fingerprint density at radius 1 is 0.976 bits per heavy atom. The molecule has 2 heterocycles. The number of carboxylic acid groups (broad SMARTS) is 1. The van der Waals surface area contributed by atoms with E-state index in [9.17, 15) is 24.3 Å². The fraction of sp³-hybridized carbons (Fsp3) is 0.857. The normalized spacial score (nSPS) is 24.5. The Kier molecular flexibility index (Phi) is 10.5. The molecule has 3 amide bonds. The van der Waals surface area contributed by atoms with E-state index in [4.69, 9.17) is 18.8 Å². The Labute approximate surface area is 244 Å². The van der Waals surface area contributed by atoms with Crippen LogP contribution in [0.3, 0.4) is 0 Å². The maximum absolute atomic E-state index is 13.2. The summed E-state index contributed by atoms with van der Waals surface area (Å²) in [5.41, 5.74) is -4.08. The van der Waals surface area contributed by atoms with E-state index in [1.54, 1.807) is 41.5 Å². The van der Waals surface area contributed by atoms with Crippen LogP contribution in [0.15, 0.2) is 0 Å². The van der Waals surface area contributed by atoms with Gasteiger partial charge in [0.25, 0.3) is 0 Å². The predicted octanol–water partition coefficient (Wildman–Crippen LogP) is 4.11. The zero-order valence-electron chi connectivity index (χ0n) is 26.6. The monoisotopic (exact) mass is 583 g/mol. The Morgan fingerprint density at radius 2 is 1.51 bits per heavy atom. The lowest BCUT2D eigenvalue weighted by Gasteiger charge is -2.35. The average Bonchev–Trinajstić information content (AvgIpc) is 3.22. The third-order valence-electron chi connectivity index (χ3n) is 7.57. The number of rotatable bonds is 9. The van der Waals surface area contributed by atoms with Gasteiger partial charge >= 0.3 is 25.3 Å². The van der Waals surface area contributed by atoms with Crippen LogP contribution >= 0.6 is 0 Å². The van der Waals surface area contributed by atoms with Crippen molar-refractivity contribution in [3.05, 3.63) is 0 Å². The van der Waals surface area contributed by atoms with Crippen molar-refractivity contribution in [3.63, 3.8) is 0 Å². The molecule has 0 spiro atoms. The van der Waals surface area contributed by atoms with E-state index in [-0.39, 0.29) is 19.4 Å². The Hall–Kier alpha value is -2.54. The molecule has 2 fully saturated rings. The number of carbonyl (C=O) groups is 4. The summed E-state index contributed by atoms with van der Waals surface area (Å²) < 4.78 is 22.9. The fourth-order valence-corrected chi connectivity index (χ4v) is 4.87. The van der Waals surface area contributed by atoms with Crippen molar-refractivity contribution in [2.45, 2.75) is 148 Å². The number of alkyl carbamates (subject to hydrolysis) is 1. The molecule has 0 aromatic carbocycles. The lowest BCUT2D eigenvalue weighted by Crippen LogP contribution is -2.54. The number of hydrogen-bond donors (Lipinski definition) is 3. The summed E-state index contributed by atoms with van der Waals surface area (Å²) in [6.07, 6.45) is 0.298. The van der Waals surface area contributed by atoms with Crippen molar-refractivity contribution in [1.29, 1.82) is 0 Å². The van der Waals surface area contributed by atoms with Gasteiger partial charge in [0.15, 0.2) is 0 Å². The summed E-state index contributed by atoms with van der Waals surface area (Å²) in [6, 6.07) is -1.61. The maximum Gasteiger partial charge on any atom is 0.457 e. The number of nitrogens with zero attached hydrogens (tertiary/aromatic N) is 1. The van der Waals surface area contributed by atoms with Gasteiger partial charge in [0.05, 0.1) is 11.2 Å². The van der Waals surface area contributed by atoms with E-state index in [1.807, 2.05) is 27.7 Å². The molecule has 0 radical (unpaired) electrons. The van der Waals surface area contributed by atoms with Gasteiger partial charge in [0.1, 0.15) is 22.8 Å². The number of nitrogens with one attached hydrogen (secondary N) is 2. The summed E-state index contributed by atoms with van der Waals surface area (Å²) in [5.74, 6) is -1.69. The van der Waals surface area contributed by atoms with Crippen molar-refractivity contribution >= 4 is 31.2 Å². The molecule has 13 heteroatoms. The molecule has 3 atom stereocenters. The molecule has 12 nitrogen and oxygen atoms in total. The molecule has 0 aromatic rings. The molecule has 0 saturated carbocycles. The van der Waals surface area contributed by atoms with Gasteiger partial charge in [0, 0.05) is 19.0 Å². The highest BCUT2D eigenvalue weighted by Crippen LogP contribution is 2.39. The van der Waals surface area contributed by atoms with Crippen LogP contribution < -0.4 is 10.6 Å². The molecule has 0 aromatic heterocycles. The number of amides is 3. The van der Waals surface area contributed by atoms with Crippen LogP contribution in [0.25, 0.3) is 0 Å². The van der Waals surface area contributed by atoms with E-state index >= 15 is 0 Å². The minimum absolute atomic E-state index is 0.0109. The summed E-state index contributed by atoms with van der Waals surface area (Å²) in [5, 5.41) is 15.7. The quantitative estimate of drug-likeness (QED) is 0.269. The molecule has 2 saturated heterocycles. The molecule has 2 rings (SSSR count). The Morgan fingerprint density at radius 3 is 2.00 bits per heavy atom. The van der Waals surface area contributed by atoms with E-state index in [0.29, 0.717) is 19.2 Å². The van der Waals surface area contributed by atoms with E-state index in [1.165, 1.54) is 11.8 Å². The van der Waals surface area contributed by atoms with E-state index < -0.39 is 71.2 Å². The second kappa shape index (κ2) is 12.4. The first-order chi connectivity index (χ1) is 18.5. The largest absolute Gasteiger partial charge is 0.479 e. The number of ether oxygens (including phenoxy) is 2. The molecule has 2 aliphatic heterocycles. The van der Waals surface area contributed by atoms with Crippen LogP contribution in [0, 0.1) is 0 Å². The first-order valence-electron chi connectivity index (χ1n) is 14.4. The van der Waals surface area contributed by atoms with E-state index in [0.717, 1.165) is 0 Å². The zero-order valence-corrected chi connectivity index (χ0v) is 26.6. The van der Waals surface area contributed by atoms with Crippen molar-refractivity contribution in [2.75, 3.05) is 6.54 Å². The third kappa shape index (κ3) is 9.23. The third-order valence-corrected chi connectivity index (χ3v) is 7.57. The number of likely N-dealkylation sites (tertiary alicyclic amines) is 1. The van der Waals surface area contributed by atoms with Crippen molar-refractivity contribution < 1.29 is 43.1 Å². The lowest BCUT2D eigenvalue weighted by molar-refractivity contribution is -0.150. The number of aliphatic carboxylic acids is 1. The number of hydrogen-bond acceptors (Lipinski definition) is 8. The van der Waals surface area contributed by atoms with Crippen LogP contribution in [0.2, 0.25) is 6.32 Å². The number of carbonyl (C=O) groups excluding carboxylic acids is 3. The van der Waals surface area contributed by atoms with Gasteiger partial charge < -0.3 is 34.5 Å². The van der Waals surface area contributed by atoms with Crippen LogP contribution in [-0.2, 0) is 28.4 Å². The second-order valence-corrected chi connectivity index (χ2v) is 14.1. The van der Waals surface area contributed by atoms with Crippen LogP contribution in [0.5, 0.6) is 0 Å². The van der Waals surface area contributed by atoms with Crippen LogP contribution in [0.4, 0.5) is 9.59 Å². The van der Waals surface area contributed by atoms with Crippen molar-refractivity contribution in [3.8, 4) is 0 Å². The van der Waals surface area contributed by atoms with Crippen LogP contribution in [0.1, 0.15) is 102 Å². The maximum atomic E-state index is 13.2. The Balaban J connectivity index is 2.13. The number of unbranched alkanes of at least 4 members (excludes halogenated alkanes) is 1. The molecule has 234 valence electrons. The smallest absolute Gasteiger partial charge is 0.457 e. The van der Waals surface area contributed by atoms with Gasteiger partial charge in [0.2, 0.25) is 5.91 Å². The van der Waals surface area contributed by atoms with Crippen molar-refractivity contribution in [2.24, 2.45) is 0 Å². The van der Waals surface area contributed by atoms with Gasteiger partial charge in [-0.3, -0.25) is 9.69 Å². The molecule has 2 aliphatic rings. The predicted molar refractivity (Wildman–Crippen MR) is 153 cm³/mol. The first kappa shape index (κ1) is 34.7. The van der Waals surface area contributed by atoms with Gasteiger partial charge in [-0.15, -0.1) is 0 Å². The van der Waals surface area contributed by atoms with E-state index in [2.05, 4.69) is 10.6 Å². The summed E-state index contributed by atoms with van der Waals surface area (Å²) in [6.45, 7) is 19.6. The molecule has 0 aliphatic carbocycles. The summed E-state index contributed by atoms with van der Waals surface area (Å²) in [7, 11) is -0.405. The number of carboxylic acids is 1. The molecule has 41 heavy (non-hydrogen) atoms. The van der Waals surface area contributed by atoms with Gasteiger partial charge in [-0.1, -0.05) is 12.8 Å². The highest BCUT2D eigenvalue weighted by atomic mass is 16.7. The molecular formula is C28H50BN3O9. The minimum atomic E-state index is -1.59. The highest BCUT2D eigenvalue weighted by Gasteiger charge is 2.55. The van der Waals surface area contributed by atoms with Gasteiger partial charge in [-0.05, 0) is 88.9 Å². The molecule has 0 bridgehead atoms. The molecule has 3 N–H and O–H groups in total. The highest BCUT2D eigenvalue weighted by molar-refractivity contribution is 6.45. The summed E-state index contributed by atoms with van der Waals surface area (Å²) in [4.78, 5) is 52.2. The average molecular weight is 584 g/mol. The van der Waals surface area contributed by atoms with Gasteiger partial charge in [-0.2, -0.15) is 0 Å². The first-order valence-corrected chi connectivity index (χ1v) is 14.4. The molecule has 0 unspecified atom stereocenters. The zero-order chi connectivity index (χ0) is 31.6. The second-order valence-electron chi connectivity index (χ2n) is 14.1. The lowest BCUT2D eigenvalue weighted by atomic mass is 9.80. The minimum Gasteiger partial charge on any atom is -0.479 e. The summed E-state index contributed by atoms with van der Waals surface area (Å²) >= 11 is 0. The SMILES string of the molecule is C[C@H](NC(=O)OC(C)(C)C)C(=O)N[C@H]1CN(C(=O)OC(C)(C)C)[C@@](CCCCB2OC(C)(C)C(C)(C)O2)(C(=O)O)C1. The van der Waals surface area contributed by atoms with Crippen molar-refractivity contribution in [1.82, 2.24) is 15.5 Å². The fourth-order valence-electron chi connectivity index (χ4n) is 4.87. The van der Waals surface area contributed by atoms with Crippen LogP contribution in [-0.4, -0.2) is 87.8 Å².